The minimum absolute atomic E-state index is 0.00785. The van der Waals surface area contributed by atoms with Crippen molar-refractivity contribution in [1.29, 1.82) is 0 Å². The molecule has 6 heteroatoms. The maximum Gasteiger partial charge on any atom is 0.250 e. The lowest BCUT2D eigenvalue weighted by atomic mass is 10.1. The molecule has 0 aliphatic heterocycles. The fourth-order valence-electron chi connectivity index (χ4n) is 2.89. The molecule has 3 rings (SSSR count). The molecule has 3 aromatic rings. The Balaban J connectivity index is 2.17. The van der Waals surface area contributed by atoms with Crippen LogP contribution in [0.1, 0.15) is 27.7 Å². The summed E-state index contributed by atoms with van der Waals surface area (Å²) >= 11 is 1.60. The fourth-order valence-corrected chi connectivity index (χ4v) is 5.13. The second-order valence-electron chi connectivity index (χ2n) is 8.76. The van der Waals surface area contributed by atoms with Gasteiger partial charge in [0.15, 0.2) is 5.43 Å². The molecule has 0 aliphatic rings. The van der Waals surface area contributed by atoms with E-state index in [1.165, 1.54) is 0 Å². The summed E-state index contributed by atoms with van der Waals surface area (Å²) in [6, 6.07) is 11.6. The Morgan fingerprint density at radius 1 is 1.07 bits per heavy atom. The van der Waals surface area contributed by atoms with Crippen LogP contribution in [0.4, 0.5) is 0 Å². The number of likely N-dealkylation sites (N-methyl/N-ethyl adjacent to an activating group) is 1. The molecule has 1 aromatic heterocycles. The van der Waals surface area contributed by atoms with E-state index >= 15 is 0 Å². The Morgan fingerprint density at radius 2 is 1.76 bits per heavy atom. The van der Waals surface area contributed by atoms with Crippen molar-refractivity contribution in [3.8, 4) is 11.5 Å². The molecule has 0 fully saturated rings. The van der Waals surface area contributed by atoms with Gasteiger partial charge in [-0.3, -0.25) is 4.79 Å². The zero-order chi connectivity index (χ0) is 21.2. The largest absolute Gasteiger partial charge is 0.543 e. The monoisotopic (exact) mass is 429 g/mol. The first-order chi connectivity index (χ1) is 13.7. The Kier molecular flexibility index (Phi) is 6.36. The highest BCUT2D eigenvalue weighted by Crippen LogP contribution is 2.42. The van der Waals surface area contributed by atoms with E-state index in [1.54, 1.807) is 11.3 Å². The molecule has 0 atom stereocenters. The van der Waals surface area contributed by atoms with Crippen LogP contribution in [-0.2, 0) is 0 Å². The summed E-state index contributed by atoms with van der Waals surface area (Å²) in [5, 5.41) is 4.68. The van der Waals surface area contributed by atoms with E-state index in [4.69, 9.17) is 9.16 Å². The predicted molar refractivity (Wildman–Crippen MR) is 127 cm³/mol. The third-order valence-electron chi connectivity index (χ3n) is 5.61. The summed E-state index contributed by atoms with van der Waals surface area (Å²) in [6.07, 6.45) is 0. The highest BCUT2D eigenvalue weighted by Gasteiger charge is 2.39. The van der Waals surface area contributed by atoms with Crippen LogP contribution in [0, 0.1) is 0 Å². The van der Waals surface area contributed by atoms with Gasteiger partial charge in [0.25, 0.3) is 8.32 Å². The zero-order valence-electron chi connectivity index (χ0n) is 18.2. The average molecular weight is 430 g/mol. The van der Waals surface area contributed by atoms with Gasteiger partial charge in [0.05, 0.1) is 10.1 Å². The van der Waals surface area contributed by atoms with Crippen LogP contribution in [0.15, 0.2) is 41.2 Å². The first-order valence-electron chi connectivity index (χ1n) is 10.2. The topological polar surface area (TPSA) is 47.6 Å². The third-order valence-corrected chi connectivity index (χ3v) is 11.1. The molecule has 1 N–H and O–H groups in total. The summed E-state index contributed by atoms with van der Waals surface area (Å²) < 4.78 is 14.5. The van der Waals surface area contributed by atoms with E-state index in [1.807, 2.05) is 36.4 Å². The normalized spacial score (nSPS) is 12.5. The van der Waals surface area contributed by atoms with E-state index in [0.29, 0.717) is 17.7 Å². The van der Waals surface area contributed by atoms with E-state index < -0.39 is 8.32 Å². The molecule has 0 saturated heterocycles. The molecular weight excluding hydrogens is 398 g/mol. The molecule has 2 aromatic carbocycles. The summed E-state index contributed by atoms with van der Waals surface area (Å²) in [5.41, 5.74) is 0.00785. The number of benzene rings is 2. The smallest absolute Gasteiger partial charge is 0.250 e. The number of rotatable bonds is 7. The van der Waals surface area contributed by atoms with Gasteiger partial charge in [-0.15, -0.1) is 11.3 Å². The minimum atomic E-state index is -2.05. The second kappa shape index (κ2) is 8.46. The first kappa shape index (κ1) is 21.8. The molecule has 156 valence electrons. The lowest BCUT2D eigenvalue weighted by Crippen LogP contribution is -2.43. The standard InChI is InChI=1S/C23H31NO3SSi/c1-7-24-14-15-26-17-12-13-18(27-29(5,6)23(2,3)4)22-20(17)21(25)16-10-8-9-11-19(16)28-22/h8-13,24H,7,14-15H2,1-6H3. The molecule has 0 radical (unpaired) electrons. The third kappa shape index (κ3) is 4.49. The van der Waals surface area contributed by atoms with E-state index in [0.717, 1.165) is 33.6 Å². The fraction of sp³-hybridized carbons (Fsp3) is 0.435. The van der Waals surface area contributed by atoms with Gasteiger partial charge >= 0.3 is 0 Å². The van der Waals surface area contributed by atoms with Crippen LogP contribution in [0.25, 0.3) is 20.2 Å². The molecule has 0 saturated carbocycles. The second-order valence-corrected chi connectivity index (χ2v) is 14.5. The number of fused-ring (bicyclic) bond motifs is 2. The SMILES string of the molecule is CCNCCOc1ccc(O[Si](C)(C)C(C)(C)C)c2sc3ccccc3c(=O)c12. The molecule has 1 heterocycles. The van der Waals surface area contributed by atoms with E-state index in [9.17, 15) is 4.79 Å². The average Bonchev–Trinajstić information content (AvgIpc) is 2.66. The maximum absolute atomic E-state index is 13.4. The van der Waals surface area contributed by atoms with Crippen LogP contribution in [0.2, 0.25) is 18.1 Å². The van der Waals surface area contributed by atoms with Gasteiger partial charge in [0.1, 0.15) is 18.1 Å². The van der Waals surface area contributed by atoms with Crippen molar-refractivity contribution in [3.63, 3.8) is 0 Å². The van der Waals surface area contributed by atoms with Gasteiger partial charge in [-0.25, -0.2) is 0 Å². The molecule has 0 unspecified atom stereocenters. The number of ether oxygens (including phenoxy) is 1. The van der Waals surface area contributed by atoms with Crippen LogP contribution >= 0.6 is 11.3 Å². The van der Waals surface area contributed by atoms with Crippen molar-refractivity contribution in [2.24, 2.45) is 0 Å². The van der Waals surface area contributed by atoms with Gasteiger partial charge in [0.2, 0.25) is 0 Å². The van der Waals surface area contributed by atoms with Crippen molar-refractivity contribution in [2.45, 2.75) is 45.8 Å². The summed E-state index contributed by atoms with van der Waals surface area (Å²) in [6.45, 7) is 15.3. The van der Waals surface area contributed by atoms with Crippen LogP contribution in [-0.4, -0.2) is 28.0 Å². The molecule has 0 aliphatic carbocycles. The molecule has 0 spiro atoms. The highest BCUT2D eigenvalue weighted by molar-refractivity contribution is 7.25. The Bertz CT molecular complexity index is 1070. The van der Waals surface area contributed by atoms with Crippen molar-refractivity contribution < 1.29 is 9.16 Å². The Labute approximate surface area is 178 Å². The molecule has 0 bridgehead atoms. The van der Waals surface area contributed by atoms with Crippen LogP contribution < -0.4 is 19.9 Å². The van der Waals surface area contributed by atoms with Crippen molar-refractivity contribution in [3.05, 3.63) is 46.6 Å². The van der Waals surface area contributed by atoms with Gasteiger partial charge in [-0.05, 0) is 48.9 Å². The van der Waals surface area contributed by atoms with Crippen LogP contribution in [0.5, 0.6) is 11.5 Å². The number of hydrogen-bond acceptors (Lipinski definition) is 5. The van der Waals surface area contributed by atoms with Crippen LogP contribution in [0.3, 0.4) is 0 Å². The highest BCUT2D eigenvalue weighted by atomic mass is 32.1. The number of nitrogens with one attached hydrogen (secondary N) is 1. The zero-order valence-corrected chi connectivity index (χ0v) is 20.0. The van der Waals surface area contributed by atoms with Gasteiger partial charge in [0, 0.05) is 16.6 Å². The maximum atomic E-state index is 13.4. The first-order valence-corrected chi connectivity index (χ1v) is 13.9. The van der Waals surface area contributed by atoms with Gasteiger partial charge in [-0.1, -0.05) is 39.8 Å². The van der Waals surface area contributed by atoms with E-state index in [-0.39, 0.29) is 10.5 Å². The predicted octanol–water partition coefficient (Wildman–Crippen LogP) is 5.79. The summed E-state index contributed by atoms with van der Waals surface area (Å²) in [5.74, 6) is 1.42. The number of hydrogen-bond donors (Lipinski definition) is 1. The summed E-state index contributed by atoms with van der Waals surface area (Å²) in [7, 11) is -2.05. The lowest BCUT2D eigenvalue weighted by molar-refractivity contribution is 0.318. The Hall–Kier alpha value is -1.89. The quantitative estimate of drug-likeness (QED) is 0.293. The minimum Gasteiger partial charge on any atom is -0.543 e. The summed E-state index contributed by atoms with van der Waals surface area (Å²) in [4.78, 5) is 13.4. The van der Waals surface area contributed by atoms with Crippen molar-refractivity contribution in [1.82, 2.24) is 5.32 Å². The molecule has 4 nitrogen and oxygen atoms in total. The lowest BCUT2D eigenvalue weighted by Gasteiger charge is -2.36. The van der Waals surface area contributed by atoms with E-state index in [2.05, 4.69) is 46.1 Å². The molecule has 29 heavy (non-hydrogen) atoms. The van der Waals surface area contributed by atoms with Gasteiger partial charge < -0.3 is 14.5 Å². The molecular formula is C23H31NO3SSi. The van der Waals surface area contributed by atoms with Crippen molar-refractivity contribution in [2.75, 3.05) is 19.7 Å². The molecule has 0 amide bonds. The Morgan fingerprint density at radius 3 is 2.45 bits per heavy atom. The van der Waals surface area contributed by atoms with Crippen molar-refractivity contribution >= 4 is 39.8 Å². The van der Waals surface area contributed by atoms with Gasteiger partial charge in [-0.2, -0.15) is 0 Å².